The van der Waals surface area contributed by atoms with Crippen LogP contribution in [0.2, 0.25) is 0 Å². The van der Waals surface area contributed by atoms with Gasteiger partial charge in [-0.25, -0.2) is 0 Å². The molecule has 0 amide bonds. The summed E-state index contributed by atoms with van der Waals surface area (Å²) < 4.78 is 26.9. The van der Waals surface area contributed by atoms with Gasteiger partial charge in [-0.3, -0.25) is 0 Å². The summed E-state index contributed by atoms with van der Waals surface area (Å²) in [5.41, 5.74) is 0. The van der Waals surface area contributed by atoms with E-state index in [1.54, 1.807) is 24.5 Å². The molecule has 66 valence electrons. The Morgan fingerprint density at radius 2 is 1.83 bits per heavy atom. The summed E-state index contributed by atoms with van der Waals surface area (Å²) in [5.74, 6) is 0. The van der Waals surface area contributed by atoms with Crippen molar-refractivity contribution in [2.24, 2.45) is 0 Å². The van der Waals surface area contributed by atoms with Gasteiger partial charge in [-0.15, -0.1) is 0 Å². The molecule has 0 N–H and O–H groups in total. The van der Waals surface area contributed by atoms with Gasteiger partial charge < -0.3 is 0 Å². The molecule has 0 aliphatic rings. The summed E-state index contributed by atoms with van der Waals surface area (Å²) in [5, 5.41) is 0. The fourth-order valence-electron chi connectivity index (χ4n) is 0.716. The van der Waals surface area contributed by atoms with Crippen LogP contribution in [0.5, 0.6) is 0 Å². The summed E-state index contributed by atoms with van der Waals surface area (Å²) in [6.07, 6.45) is 1.56. The molecular formula is C7H8O3S2. The topological polar surface area (TPSA) is 43.4 Å². The van der Waals surface area contributed by atoms with Crippen LogP contribution in [0.25, 0.3) is 0 Å². The van der Waals surface area contributed by atoms with Gasteiger partial charge in [0.15, 0.2) is 0 Å². The smallest absolute Gasteiger partial charge is 0.194 e. The monoisotopic (exact) mass is 204 g/mol. The normalized spacial score (nSPS) is 11.4. The Balaban J connectivity index is 2.99. The van der Waals surface area contributed by atoms with Gasteiger partial charge in [0.2, 0.25) is 0 Å². The summed E-state index contributed by atoms with van der Waals surface area (Å²) >= 11 is 0.815. The predicted molar refractivity (Wildman–Crippen MR) is 48.2 cm³/mol. The van der Waals surface area contributed by atoms with Crippen molar-refractivity contribution in [2.45, 2.75) is 4.90 Å². The zero-order valence-electron chi connectivity index (χ0n) is 6.43. The lowest BCUT2D eigenvalue weighted by Gasteiger charge is -1.99. The quantitative estimate of drug-likeness (QED) is 0.702. The van der Waals surface area contributed by atoms with Crippen molar-refractivity contribution in [2.75, 3.05) is 6.26 Å². The molecule has 1 aromatic rings. The Kier molecular flexibility index (Phi) is 3.13. The molecule has 0 aliphatic heterocycles. The molecule has 0 atom stereocenters. The van der Waals surface area contributed by atoms with Gasteiger partial charge >= 0.3 is 10.1 Å². The number of hydrogen-bond acceptors (Lipinski definition) is 4. The second-order valence-corrected chi connectivity index (χ2v) is 4.26. The third-order valence-corrected chi connectivity index (χ3v) is 3.30. The van der Waals surface area contributed by atoms with Crippen LogP contribution in [0.1, 0.15) is 0 Å². The Labute approximate surface area is 76.1 Å². The van der Waals surface area contributed by atoms with Gasteiger partial charge in [0, 0.05) is 18.3 Å². The standard InChI is InChI=1S/C7H8O3S2/c1-11-10-12(8,9)7-5-3-2-4-6-7/h2-6H,1H3. The van der Waals surface area contributed by atoms with Crippen molar-refractivity contribution in [3.8, 4) is 0 Å². The van der Waals surface area contributed by atoms with Crippen LogP contribution in [0.15, 0.2) is 35.2 Å². The minimum Gasteiger partial charge on any atom is -0.194 e. The lowest BCUT2D eigenvalue weighted by molar-refractivity contribution is 0.519. The van der Waals surface area contributed by atoms with Crippen LogP contribution >= 0.6 is 12.0 Å². The van der Waals surface area contributed by atoms with Crippen molar-refractivity contribution < 1.29 is 12.0 Å². The maximum absolute atomic E-state index is 11.2. The van der Waals surface area contributed by atoms with Crippen molar-refractivity contribution in [1.29, 1.82) is 0 Å². The summed E-state index contributed by atoms with van der Waals surface area (Å²) in [6.45, 7) is 0. The highest BCUT2D eigenvalue weighted by atomic mass is 32.3. The van der Waals surface area contributed by atoms with Gasteiger partial charge in [-0.1, -0.05) is 18.2 Å². The van der Waals surface area contributed by atoms with Crippen LogP contribution in [0.4, 0.5) is 0 Å². The van der Waals surface area contributed by atoms with Crippen LogP contribution in [-0.2, 0) is 13.7 Å². The number of hydrogen-bond donors (Lipinski definition) is 0. The minimum absolute atomic E-state index is 0.180. The van der Waals surface area contributed by atoms with Crippen LogP contribution in [0, 0.1) is 0 Å². The molecular weight excluding hydrogens is 196 g/mol. The molecule has 0 saturated carbocycles. The molecule has 1 rings (SSSR count). The van der Waals surface area contributed by atoms with Crippen molar-refractivity contribution >= 4 is 22.2 Å². The van der Waals surface area contributed by atoms with Crippen LogP contribution < -0.4 is 0 Å². The molecule has 3 nitrogen and oxygen atoms in total. The van der Waals surface area contributed by atoms with E-state index >= 15 is 0 Å². The SMILES string of the molecule is CSOS(=O)(=O)c1ccccc1. The fourth-order valence-corrected chi connectivity index (χ4v) is 2.24. The molecule has 0 bridgehead atoms. The third-order valence-electron chi connectivity index (χ3n) is 1.19. The molecule has 12 heavy (non-hydrogen) atoms. The molecule has 0 spiro atoms. The molecule has 0 heterocycles. The Bertz CT molecular complexity index is 331. The molecule has 0 saturated heterocycles. The van der Waals surface area contributed by atoms with E-state index in [-0.39, 0.29) is 4.90 Å². The van der Waals surface area contributed by atoms with Gasteiger partial charge in [0.05, 0.1) is 4.90 Å². The zero-order chi connectivity index (χ0) is 9.03. The van der Waals surface area contributed by atoms with E-state index in [1.165, 1.54) is 12.1 Å². The predicted octanol–water partition coefficient (Wildman–Crippen LogP) is 1.67. The van der Waals surface area contributed by atoms with Gasteiger partial charge in [-0.05, 0) is 12.1 Å². The van der Waals surface area contributed by atoms with Crippen molar-refractivity contribution in [3.63, 3.8) is 0 Å². The lowest BCUT2D eigenvalue weighted by atomic mass is 10.4. The number of benzene rings is 1. The summed E-state index contributed by atoms with van der Waals surface area (Å²) in [4.78, 5) is 0.180. The average Bonchev–Trinajstić information content (AvgIpc) is 2.06. The first-order valence-electron chi connectivity index (χ1n) is 3.19. The zero-order valence-corrected chi connectivity index (χ0v) is 8.06. The van der Waals surface area contributed by atoms with E-state index in [1.807, 2.05) is 0 Å². The molecule has 0 aliphatic carbocycles. The summed E-state index contributed by atoms with van der Waals surface area (Å²) in [7, 11) is -3.55. The van der Waals surface area contributed by atoms with Crippen molar-refractivity contribution in [3.05, 3.63) is 30.3 Å². The highest BCUT2D eigenvalue weighted by molar-refractivity contribution is 8.04. The first kappa shape index (κ1) is 9.57. The van der Waals surface area contributed by atoms with Gasteiger partial charge in [0.1, 0.15) is 0 Å². The van der Waals surface area contributed by atoms with E-state index in [0.717, 1.165) is 12.0 Å². The second-order valence-electron chi connectivity index (χ2n) is 2.00. The van der Waals surface area contributed by atoms with E-state index in [9.17, 15) is 8.42 Å². The van der Waals surface area contributed by atoms with Gasteiger partial charge in [0.25, 0.3) is 0 Å². The van der Waals surface area contributed by atoms with Gasteiger partial charge in [-0.2, -0.15) is 12.0 Å². The van der Waals surface area contributed by atoms with Crippen molar-refractivity contribution in [1.82, 2.24) is 0 Å². The molecule has 1 aromatic carbocycles. The average molecular weight is 204 g/mol. The second kappa shape index (κ2) is 3.93. The number of rotatable bonds is 3. The highest BCUT2D eigenvalue weighted by Crippen LogP contribution is 2.15. The van der Waals surface area contributed by atoms with Crippen LogP contribution in [0.3, 0.4) is 0 Å². The Hall–Kier alpha value is -0.520. The molecule has 0 fully saturated rings. The van der Waals surface area contributed by atoms with E-state index in [0.29, 0.717) is 0 Å². The first-order valence-corrected chi connectivity index (χ1v) is 5.75. The molecule has 0 aromatic heterocycles. The first-order chi connectivity index (χ1) is 5.67. The van der Waals surface area contributed by atoms with E-state index < -0.39 is 10.1 Å². The largest absolute Gasteiger partial charge is 0.307 e. The molecule has 0 radical (unpaired) electrons. The molecule has 5 heteroatoms. The maximum atomic E-state index is 11.2. The van der Waals surface area contributed by atoms with E-state index in [4.69, 9.17) is 0 Å². The maximum Gasteiger partial charge on any atom is 0.307 e. The molecule has 0 unspecified atom stereocenters. The Morgan fingerprint density at radius 1 is 1.25 bits per heavy atom. The Morgan fingerprint density at radius 3 is 2.33 bits per heavy atom. The summed E-state index contributed by atoms with van der Waals surface area (Å²) in [6, 6.07) is 8.03. The van der Waals surface area contributed by atoms with E-state index in [2.05, 4.69) is 3.63 Å². The lowest BCUT2D eigenvalue weighted by Crippen LogP contribution is -2.00. The van der Waals surface area contributed by atoms with Crippen LogP contribution in [-0.4, -0.2) is 14.7 Å². The third kappa shape index (κ3) is 2.23. The highest BCUT2D eigenvalue weighted by Gasteiger charge is 2.13. The minimum atomic E-state index is -3.55. The fraction of sp³-hybridized carbons (Fsp3) is 0.143.